The molecule has 2 amide bonds. The Balaban J connectivity index is 1.39. The monoisotopic (exact) mass is 647 g/mol. The van der Waals surface area contributed by atoms with Crippen molar-refractivity contribution in [2.45, 2.75) is 42.9 Å². The van der Waals surface area contributed by atoms with Crippen LogP contribution in [-0.4, -0.2) is 99.6 Å². The molecule has 4 bridgehead atoms. The molecule has 3 aromatic carbocycles. The number of phenols is 1. The van der Waals surface area contributed by atoms with Gasteiger partial charge in [0.1, 0.15) is 35.5 Å². The summed E-state index contributed by atoms with van der Waals surface area (Å²) in [5.41, 5.74) is 2.55. The first-order valence-electron chi connectivity index (χ1n) is 16.3. The van der Waals surface area contributed by atoms with Crippen LogP contribution in [0.25, 0.3) is 0 Å². The topological polar surface area (TPSA) is 109 Å². The van der Waals surface area contributed by atoms with Crippen molar-refractivity contribution in [2.24, 2.45) is 0 Å². The smallest absolute Gasteiger partial charge is 0.245 e. The van der Waals surface area contributed by atoms with Crippen LogP contribution in [0.1, 0.15) is 22.6 Å². The van der Waals surface area contributed by atoms with Gasteiger partial charge < -0.3 is 24.7 Å². The van der Waals surface area contributed by atoms with Gasteiger partial charge in [-0.25, -0.2) is 5.01 Å². The Morgan fingerprint density at radius 3 is 2.40 bits per heavy atom. The highest BCUT2D eigenvalue weighted by Gasteiger charge is 2.56. The summed E-state index contributed by atoms with van der Waals surface area (Å²) in [5.74, 6) is 0.391. The number of aliphatic hydroxyl groups is 1. The first-order chi connectivity index (χ1) is 23.3. The van der Waals surface area contributed by atoms with Gasteiger partial charge in [-0.15, -0.1) is 0 Å². The Kier molecular flexibility index (Phi) is 8.65. The van der Waals surface area contributed by atoms with Crippen LogP contribution >= 0.6 is 0 Å². The van der Waals surface area contributed by atoms with Crippen LogP contribution in [0.2, 0.25) is 0 Å². The van der Waals surface area contributed by atoms with Gasteiger partial charge in [-0.05, 0) is 58.7 Å². The molecule has 1 aliphatic carbocycles. The number of rotatable bonds is 7. The third kappa shape index (κ3) is 5.81. The van der Waals surface area contributed by atoms with Gasteiger partial charge >= 0.3 is 0 Å². The van der Waals surface area contributed by atoms with E-state index in [1.54, 1.807) is 36.3 Å². The zero-order chi connectivity index (χ0) is 33.4. The Bertz CT molecular complexity index is 1740. The van der Waals surface area contributed by atoms with Crippen molar-refractivity contribution in [3.8, 4) is 11.5 Å². The summed E-state index contributed by atoms with van der Waals surface area (Å²) >= 11 is 0. The van der Waals surface area contributed by atoms with Gasteiger partial charge in [0.15, 0.2) is 0 Å². The van der Waals surface area contributed by atoms with E-state index in [1.807, 2.05) is 89.8 Å². The number of ether oxygens (including phenoxy) is 1. The number of hydrogen-bond acceptors (Lipinski definition) is 8. The third-order valence-corrected chi connectivity index (χ3v) is 9.98. The van der Waals surface area contributed by atoms with E-state index in [1.165, 1.54) is 0 Å². The largest absolute Gasteiger partial charge is 0.508 e. The standard InChI is InChI=1S/C38H41N5O5/c1-40-25-36(46)42-33(20-26-11-15-30(44)16-12-26)37(47)41-23-32(28-8-4-3-5-9-28)29-10-6-7-19-38(34(45)21-29,43(40)35(42)24-41)39-22-27-13-17-31(48-2)18-14-27/h3-19,21,32-35,39,44-45H,20,22-25H2,1-2H3/b10-6-,19-7+,29-21+/t32?,33-,34?,35-,38?/m0/s1. The number of phenolic OH excluding ortho intramolecular Hbond substituents is 1. The van der Waals surface area contributed by atoms with E-state index in [-0.39, 0.29) is 36.6 Å². The predicted molar refractivity (Wildman–Crippen MR) is 181 cm³/mol. The number of amides is 2. The summed E-state index contributed by atoms with van der Waals surface area (Å²) in [6.45, 7) is 1.07. The summed E-state index contributed by atoms with van der Waals surface area (Å²) in [6.07, 6.45) is 8.46. The second-order valence-corrected chi connectivity index (χ2v) is 12.9. The van der Waals surface area contributed by atoms with Crippen molar-refractivity contribution in [3.05, 3.63) is 132 Å². The molecule has 0 spiro atoms. The first-order valence-corrected chi connectivity index (χ1v) is 16.3. The van der Waals surface area contributed by atoms with Crippen molar-refractivity contribution in [1.29, 1.82) is 0 Å². The van der Waals surface area contributed by atoms with Crippen molar-refractivity contribution >= 4 is 11.8 Å². The van der Waals surface area contributed by atoms with Crippen LogP contribution in [0, 0.1) is 0 Å². The predicted octanol–water partition coefficient (Wildman–Crippen LogP) is 3.17. The van der Waals surface area contributed by atoms with Crippen molar-refractivity contribution in [2.75, 3.05) is 33.8 Å². The number of carbonyl (C=O) groups excluding carboxylic acids is 2. The number of allylic oxidation sites excluding steroid dienone is 3. The maximum absolute atomic E-state index is 14.6. The average Bonchev–Trinajstić information content (AvgIpc) is 3.08. The molecule has 3 unspecified atom stereocenters. The lowest BCUT2D eigenvalue weighted by atomic mass is 9.84. The van der Waals surface area contributed by atoms with E-state index in [0.29, 0.717) is 19.5 Å². The van der Waals surface area contributed by atoms with E-state index >= 15 is 0 Å². The minimum Gasteiger partial charge on any atom is -0.508 e. The number of fused-ring (bicyclic) bond motifs is 4. The Morgan fingerprint density at radius 1 is 0.938 bits per heavy atom. The zero-order valence-electron chi connectivity index (χ0n) is 27.1. The number of methoxy groups -OCH3 is 1. The van der Waals surface area contributed by atoms with Crippen molar-refractivity contribution in [3.63, 3.8) is 0 Å². The van der Waals surface area contributed by atoms with Gasteiger partial charge in [0, 0.05) is 32.5 Å². The number of nitrogens with zero attached hydrogens (tertiary/aromatic N) is 4. The molecule has 0 aromatic heterocycles. The van der Waals surface area contributed by atoms with Gasteiger partial charge in [-0.3, -0.25) is 14.9 Å². The lowest BCUT2D eigenvalue weighted by molar-refractivity contribution is -0.234. The molecular formula is C38H41N5O5. The minimum atomic E-state index is -1.21. The van der Waals surface area contributed by atoms with Gasteiger partial charge in [-0.2, -0.15) is 5.01 Å². The number of piperazine rings is 1. The lowest BCUT2D eigenvalue weighted by Gasteiger charge is -2.61. The van der Waals surface area contributed by atoms with Crippen molar-refractivity contribution in [1.82, 2.24) is 25.1 Å². The van der Waals surface area contributed by atoms with Crippen LogP contribution in [0.5, 0.6) is 11.5 Å². The van der Waals surface area contributed by atoms with Gasteiger partial charge in [0.2, 0.25) is 11.8 Å². The molecule has 3 heterocycles. The normalized spacial score (nSPS) is 29.9. The number of benzene rings is 3. The van der Waals surface area contributed by atoms with E-state index in [4.69, 9.17) is 4.74 Å². The van der Waals surface area contributed by atoms with Gasteiger partial charge in [0.25, 0.3) is 0 Å². The van der Waals surface area contributed by atoms with Crippen LogP contribution in [0.3, 0.4) is 0 Å². The number of nitrogens with one attached hydrogen (secondary N) is 1. The highest BCUT2D eigenvalue weighted by molar-refractivity contribution is 5.90. The molecule has 5 atom stereocenters. The van der Waals surface area contributed by atoms with Crippen molar-refractivity contribution < 1.29 is 24.5 Å². The Morgan fingerprint density at radius 2 is 1.67 bits per heavy atom. The fourth-order valence-corrected chi connectivity index (χ4v) is 7.58. The number of aliphatic hydroxyl groups excluding tert-OH is 1. The van der Waals surface area contributed by atoms with Crippen LogP contribution in [0.15, 0.2) is 115 Å². The van der Waals surface area contributed by atoms with Gasteiger partial charge in [0.05, 0.1) is 20.2 Å². The maximum atomic E-state index is 14.6. The van der Waals surface area contributed by atoms with E-state index in [0.717, 1.165) is 28.0 Å². The molecule has 3 aromatic rings. The molecule has 248 valence electrons. The molecule has 0 saturated carbocycles. The molecule has 7 rings (SSSR count). The quantitative estimate of drug-likeness (QED) is 0.359. The molecule has 10 heteroatoms. The number of aromatic hydroxyl groups is 1. The van der Waals surface area contributed by atoms with E-state index in [2.05, 4.69) is 22.5 Å². The molecule has 10 nitrogen and oxygen atoms in total. The van der Waals surface area contributed by atoms with Crippen LogP contribution < -0.4 is 10.1 Å². The summed E-state index contributed by atoms with van der Waals surface area (Å²) in [5, 5.41) is 30.0. The summed E-state index contributed by atoms with van der Waals surface area (Å²) < 4.78 is 5.37. The molecule has 3 N–H and O–H groups in total. The van der Waals surface area contributed by atoms with Gasteiger partial charge in [-0.1, -0.05) is 72.8 Å². The summed E-state index contributed by atoms with van der Waals surface area (Å²) in [6, 6.07) is 23.9. The summed E-state index contributed by atoms with van der Waals surface area (Å²) in [7, 11) is 3.49. The first kappa shape index (κ1) is 31.8. The zero-order valence-corrected chi connectivity index (χ0v) is 27.1. The number of likely N-dealkylation sites (N-methyl/N-ethyl adjacent to an activating group) is 1. The summed E-state index contributed by atoms with van der Waals surface area (Å²) in [4.78, 5) is 32.2. The molecule has 2 saturated heterocycles. The highest BCUT2D eigenvalue weighted by atomic mass is 16.5. The molecule has 48 heavy (non-hydrogen) atoms. The Hall–Kier alpha value is -4.74. The van der Waals surface area contributed by atoms with Crippen LogP contribution in [0.4, 0.5) is 0 Å². The van der Waals surface area contributed by atoms with E-state index < -0.39 is 24.0 Å². The fraction of sp³-hybridized carbons (Fsp3) is 0.316. The molecule has 0 radical (unpaired) electrons. The molecular weight excluding hydrogens is 606 g/mol. The highest BCUT2D eigenvalue weighted by Crippen LogP contribution is 2.39. The second-order valence-electron chi connectivity index (χ2n) is 12.9. The number of hydrogen-bond donors (Lipinski definition) is 3. The molecule has 4 aliphatic rings. The number of hydrazine groups is 1. The lowest BCUT2D eigenvalue weighted by Crippen LogP contribution is -2.81. The third-order valence-electron chi connectivity index (χ3n) is 9.98. The minimum absolute atomic E-state index is 0.0292. The van der Waals surface area contributed by atoms with E-state index in [9.17, 15) is 19.8 Å². The molecule has 2 fully saturated rings. The maximum Gasteiger partial charge on any atom is 0.245 e. The SMILES string of the molecule is COc1ccc(CNC23/C=C/C=C\C(=C/C2O)C(c2ccccc2)CN2C[C@H]4N(C(=O)CN(C)N43)[C@@H](Cc3ccc(O)cc3)C2=O)cc1. The average molecular weight is 648 g/mol. The van der Waals surface area contributed by atoms with Crippen LogP contribution in [-0.2, 0) is 22.6 Å². The molecule has 3 aliphatic heterocycles. The number of carbonyl (C=O) groups is 2. The Labute approximate surface area is 280 Å². The second kappa shape index (κ2) is 13.0. The fourth-order valence-electron chi connectivity index (χ4n) is 7.58.